The molecule has 0 atom stereocenters. The van der Waals surface area contributed by atoms with Crippen molar-refractivity contribution in [3.8, 4) is 11.4 Å². The fourth-order valence-electron chi connectivity index (χ4n) is 1.28. The minimum Gasteiger partial charge on any atom is -0.384 e. The molecule has 0 aliphatic heterocycles. The molecule has 72 valence electrons. The number of aromatic nitrogens is 3. The van der Waals surface area contributed by atoms with Gasteiger partial charge in [0.1, 0.15) is 11.5 Å². The van der Waals surface area contributed by atoms with Gasteiger partial charge in [0.2, 0.25) is 0 Å². The first kappa shape index (κ1) is 8.74. The van der Waals surface area contributed by atoms with Crippen LogP contribution in [0.1, 0.15) is 5.69 Å². The molecule has 0 radical (unpaired) electrons. The summed E-state index contributed by atoms with van der Waals surface area (Å²) < 4.78 is 1.82. The second-order valence-corrected chi connectivity index (χ2v) is 3.24. The van der Waals surface area contributed by atoms with Crippen LogP contribution in [0.25, 0.3) is 11.4 Å². The maximum Gasteiger partial charge on any atom is 0.124 e. The van der Waals surface area contributed by atoms with Crippen molar-refractivity contribution in [2.24, 2.45) is 7.05 Å². The van der Waals surface area contributed by atoms with Crippen molar-refractivity contribution in [1.29, 1.82) is 0 Å². The molecule has 0 amide bonds. The van der Waals surface area contributed by atoms with E-state index in [0.717, 1.165) is 17.1 Å². The van der Waals surface area contributed by atoms with E-state index in [-0.39, 0.29) is 0 Å². The molecular formula is C10H12N4. The summed E-state index contributed by atoms with van der Waals surface area (Å²) in [6.07, 6.45) is 0. The molecule has 0 aliphatic rings. The lowest BCUT2D eigenvalue weighted by molar-refractivity contribution is 0.742. The van der Waals surface area contributed by atoms with Gasteiger partial charge in [0, 0.05) is 12.7 Å². The Kier molecular flexibility index (Phi) is 1.96. The highest BCUT2D eigenvalue weighted by molar-refractivity contribution is 5.56. The van der Waals surface area contributed by atoms with Crippen LogP contribution in [-0.4, -0.2) is 14.8 Å². The quantitative estimate of drug-likeness (QED) is 0.735. The largest absolute Gasteiger partial charge is 0.384 e. The number of pyridine rings is 1. The van der Waals surface area contributed by atoms with Gasteiger partial charge in [-0.25, -0.2) is 4.98 Å². The third-order valence-corrected chi connectivity index (χ3v) is 2.15. The van der Waals surface area contributed by atoms with Crippen LogP contribution >= 0.6 is 0 Å². The molecule has 0 unspecified atom stereocenters. The lowest BCUT2D eigenvalue weighted by Crippen LogP contribution is -1.94. The number of nitrogens with two attached hydrogens (primary N) is 1. The Morgan fingerprint density at radius 2 is 2.07 bits per heavy atom. The van der Waals surface area contributed by atoms with Gasteiger partial charge in [0.15, 0.2) is 0 Å². The molecule has 2 N–H and O–H groups in total. The van der Waals surface area contributed by atoms with E-state index >= 15 is 0 Å². The van der Waals surface area contributed by atoms with E-state index in [4.69, 9.17) is 5.73 Å². The third kappa shape index (κ3) is 1.46. The van der Waals surface area contributed by atoms with E-state index in [1.54, 1.807) is 6.07 Å². The smallest absolute Gasteiger partial charge is 0.124 e. The summed E-state index contributed by atoms with van der Waals surface area (Å²) >= 11 is 0. The van der Waals surface area contributed by atoms with Crippen molar-refractivity contribution >= 4 is 5.82 Å². The minimum absolute atomic E-state index is 0.519. The van der Waals surface area contributed by atoms with E-state index in [0.29, 0.717) is 5.82 Å². The van der Waals surface area contributed by atoms with Gasteiger partial charge in [-0.1, -0.05) is 6.07 Å². The number of nitrogen functional groups attached to an aromatic ring is 1. The highest BCUT2D eigenvalue weighted by Crippen LogP contribution is 2.16. The zero-order valence-corrected chi connectivity index (χ0v) is 8.23. The molecule has 2 rings (SSSR count). The van der Waals surface area contributed by atoms with Crippen molar-refractivity contribution in [2.75, 3.05) is 5.73 Å². The molecule has 2 aromatic rings. The fourth-order valence-corrected chi connectivity index (χ4v) is 1.28. The number of hydrogen-bond donors (Lipinski definition) is 1. The van der Waals surface area contributed by atoms with E-state index in [2.05, 4.69) is 10.1 Å². The normalized spacial score (nSPS) is 10.4. The summed E-state index contributed by atoms with van der Waals surface area (Å²) in [4.78, 5) is 4.20. The predicted molar refractivity (Wildman–Crippen MR) is 55.6 cm³/mol. The Morgan fingerprint density at radius 3 is 2.64 bits per heavy atom. The molecule has 14 heavy (non-hydrogen) atoms. The topological polar surface area (TPSA) is 56.7 Å². The summed E-state index contributed by atoms with van der Waals surface area (Å²) in [7, 11) is 1.91. The van der Waals surface area contributed by atoms with Crippen LogP contribution in [-0.2, 0) is 7.05 Å². The van der Waals surface area contributed by atoms with Crippen molar-refractivity contribution < 1.29 is 0 Å². The van der Waals surface area contributed by atoms with Gasteiger partial charge in [-0.15, -0.1) is 0 Å². The average molecular weight is 188 g/mol. The Hall–Kier alpha value is -1.84. The highest BCUT2D eigenvalue weighted by Gasteiger charge is 2.04. The maximum absolute atomic E-state index is 5.60. The Labute approximate surface area is 82.4 Å². The van der Waals surface area contributed by atoms with Crippen LogP contribution in [0.3, 0.4) is 0 Å². The lowest BCUT2D eigenvalue weighted by Gasteiger charge is -1.96. The second-order valence-electron chi connectivity index (χ2n) is 3.24. The lowest BCUT2D eigenvalue weighted by atomic mass is 10.2. The molecule has 2 aromatic heterocycles. The van der Waals surface area contributed by atoms with Gasteiger partial charge in [0.25, 0.3) is 0 Å². The van der Waals surface area contributed by atoms with Gasteiger partial charge in [-0.05, 0) is 25.1 Å². The van der Waals surface area contributed by atoms with Crippen molar-refractivity contribution in [1.82, 2.24) is 14.8 Å². The Bertz CT molecular complexity index is 439. The number of anilines is 1. The monoisotopic (exact) mass is 188 g/mol. The SMILES string of the molecule is Cc1cc(-c2cccc(N)n2)nn1C. The molecule has 0 aromatic carbocycles. The summed E-state index contributed by atoms with van der Waals surface area (Å²) in [6.45, 7) is 2.00. The van der Waals surface area contributed by atoms with Crippen molar-refractivity contribution in [2.45, 2.75) is 6.92 Å². The third-order valence-electron chi connectivity index (χ3n) is 2.15. The van der Waals surface area contributed by atoms with Gasteiger partial charge < -0.3 is 5.73 Å². The standard InChI is InChI=1S/C10H12N4/c1-7-6-9(13-14(7)2)8-4-3-5-10(11)12-8/h3-6H,1-2H3,(H2,11,12). The first-order valence-corrected chi connectivity index (χ1v) is 4.40. The van der Waals surface area contributed by atoms with E-state index in [1.807, 2.05) is 36.9 Å². The van der Waals surface area contributed by atoms with E-state index in [1.165, 1.54) is 0 Å². The number of nitrogens with zero attached hydrogens (tertiary/aromatic N) is 3. The van der Waals surface area contributed by atoms with Gasteiger partial charge >= 0.3 is 0 Å². The molecule has 0 saturated carbocycles. The Morgan fingerprint density at radius 1 is 1.29 bits per heavy atom. The molecule has 0 bridgehead atoms. The molecule has 4 nitrogen and oxygen atoms in total. The zero-order chi connectivity index (χ0) is 10.1. The molecular weight excluding hydrogens is 176 g/mol. The maximum atomic E-state index is 5.60. The number of hydrogen-bond acceptors (Lipinski definition) is 3. The van der Waals surface area contributed by atoms with Crippen molar-refractivity contribution in [3.63, 3.8) is 0 Å². The van der Waals surface area contributed by atoms with Crippen LogP contribution in [0.4, 0.5) is 5.82 Å². The molecule has 4 heteroatoms. The summed E-state index contributed by atoms with van der Waals surface area (Å²) in [5, 5.41) is 4.32. The predicted octanol–water partition coefficient (Wildman–Crippen LogP) is 1.37. The van der Waals surface area contributed by atoms with Gasteiger partial charge in [-0.2, -0.15) is 5.10 Å². The second kappa shape index (κ2) is 3.14. The minimum atomic E-state index is 0.519. The first-order valence-electron chi connectivity index (χ1n) is 4.40. The van der Waals surface area contributed by atoms with Crippen molar-refractivity contribution in [3.05, 3.63) is 30.0 Å². The molecule has 0 aliphatic carbocycles. The molecule has 0 fully saturated rings. The average Bonchev–Trinajstić information content (AvgIpc) is 2.47. The van der Waals surface area contributed by atoms with E-state index in [9.17, 15) is 0 Å². The first-order chi connectivity index (χ1) is 6.66. The molecule has 0 saturated heterocycles. The number of aryl methyl sites for hydroxylation is 2. The highest BCUT2D eigenvalue weighted by atomic mass is 15.3. The van der Waals surface area contributed by atoms with Crippen LogP contribution < -0.4 is 5.73 Å². The van der Waals surface area contributed by atoms with Crippen LogP contribution in [0, 0.1) is 6.92 Å². The Balaban J connectivity index is 2.49. The summed E-state index contributed by atoms with van der Waals surface area (Å²) in [6, 6.07) is 7.53. The summed E-state index contributed by atoms with van der Waals surface area (Å²) in [5.41, 5.74) is 8.37. The van der Waals surface area contributed by atoms with E-state index < -0.39 is 0 Å². The van der Waals surface area contributed by atoms with Crippen LogP contribution in [0.2, 0.25) is 0 Å². The van der Waals surface area contributed by atoms with Gasteiger partial charge in [-0.3, -0.25) is 4.68 Å². The molecule has 0 spiro atoms. The molecule has 2 heterocycles. The summed E-state index contributed by atoms with van der Waals surface area (Å²) in [5.74, 6) is 0.519. The van der Waals surface area contributed by atoms with Gasteiger partial charge in [0.05, 0.1) is 5.69 Å². The van der Waals surface area contributed by atoms with Crippen LogP contribution in [0.15, 0.2) is 24.3 Å². The number of rotatable bonds is 1. The zero-order valence-electron chi connectivity index (χ0n) is 8.23. The fraction of sp³-hybridized carbons (Fsp3) is 0.200. The van der Waals surface area contributed by atoms with Crippen LogP contribution in [0.5, 0.6) is 0 Å².